The Morgan fingerprint density at radius 2 is 1.89 bits per heavy atom. The summed E-state index contributed by atoms with van der Waals surface area (Å²) in [6.07, 6.45) is 4.88. The number of benzene rings is 1. The smallest absolute Gasteiger partial charge is 0.116 e. The van der Waals surface area contributed by atoms with E-state index in [-0.39, 0.29) is 0 Å². The normalized spacial score (nSPS) is 22.0. The molecule has 28 heavy (non-hydrogen) atoms. The second-order valence-corrected chi connectivity index (χ2v) is 9.81. The third-order valence-electron chi connectivity index (χ3n) is 6.33. The molecule has 144 valence electrons. The van der Waals surface area contributed by atoms with E-state index in [2.05, 4.69) is 46.2 Å². The van der Waals surface area contributed by atoms with Crippen LogP contribution in [-0.4, -0.2) is 22.1 Å². The van der Waals surface area contributed by atoms with Crippen molar-refractivity contribution in [2.24, 2.45) is 0 Å². The van der Waals surface area contributed by atoms with Crippen molar-refractivity contribution in [2.75, 3.05) is 0 Å². The third kappa shape index (κ3) is 3.34. The van der Waals surface area contributed by atoms with E-state index >= 15 is 0 Å². The van der Waals surface area contributed by atoms with Crippen LogP contribution in [0.2, 0.25) is 0 Å². The van der Waals surface area contributed by atoms with E-state index in [9.17, 15) is 5.11 Å². The molecule has 0 radical (unpaired) electrons. The second kappa shape index (κ2) is 7.51. The minimum absolute atomic E-state index is 0.347. The predicted molar refractivity (Wildman–Crippen MR) is 119 cm³/mol. The molecule has 2 aliphatic rings. The third-order valence-corrected chi connectivity index (χ3v) is 8.02. The zero-order valence-electron chi connectivity index (χ0n) is 16.1. The van der Waals surface area contributed by atoms with Gasteiger partial charge in [0, 0.05) is 23.5 Å². The van der Waals surface area contributed by atoms with Gasteiger partial charge in [-0.1, -0.05) is 17.7 Å². The van der Waals surface area contributed by atoms with Gasteiger partial charge < -0.3 is 5.11 Å². The van der Waals surface area contributed by atoms with Crippen LogP contribution in [0.1, 0.15) is 47.3 Å². The molecular weight excluding hydrogens is 382 g/mol. The molecule has 2 bridgehead atoms. The minimum Gasteiger partial charge on any atom is -0.508 e. The Balaban J connectivity index is 1.50. The highest BCUT2D eigenvalue weighted by molar-refractivity contribution is 7.10. The van der Waals surface area contributed by atoms with Crippen LogP contribution in [0.15, 0.2) is 58.1 Å². The molecule has 2 saturated heterocycles. The summed E-state index contributed by atoms with van der Waals surface area (Å²) in [5.74, 6) is 0.347. The van der Waals surface area contributed by atoms with E-state index in [1.807, 2.05) is 23.5 Å². The fourth-order valence-electron chi connectivity index (χ4n) is 4.94. The highest BCUT2D eigenvalue weighted by atomic mass is 32.1. The SMILES string of the molecule is Cc1ccsc1CN1C2CCC1CC(=C(c1ccsc1)c1cccc(O)c1)C2. The Morgan fingerprint density at radius 1 is 1.07 bits per heavy atom. The maximum absolute atomic E-state index is 10.1. The molecule has 2 fully saturated rings. The highest BCUT2D eigenvalue weighted by Crippen LogP contribution is 2.44. The molecule has 3 aromatic rings. The standard InChI is InChI=1S/C24H25NOS2/c1-16-7-10-28-23(16)14-25-20-5-6-21(25)12-19(11-20)24(18-8-9-27-15-18)17-3-2-4-22(26)13-17/h2-4,7-10,13,15,20-21,26H,5-6,11-12,14H2,1H3. The van der Waals surface area contributed by atoms with Crippen LogP contribution < -0.4 is 0 Å². The first-order valence-electron chi connectivity index (χ1n) is 10.0. The summed E-state index contributed by atoms with van der Waals surface area (Å²) < 4.78 is 0. The zero-order chi connectivity index (χ0) is 19.1. The summed E-state index contributed by atoms with van der Waals surface area (Å²) in [5.41, 5.74) is 6.80. The Hall–Kier alpha value is -1.88. The van der Waals surface area contributed by atoms with Crippen molar-refractivity contribution in [1.29, 1.82) is 0 Å². The van der Waals surface area contributed by atoms with Crippen molar-refractivity contribution >= 4 is 28.2 Å². The van der Waals surface area contributed by atoms with Crippen molar-refractivity contribution in [2.45, 2.75) is 51.2 Å². The van der Waals surface area contributed by atoms with Crippen molar-refractivity contribution in [3.05, 3.63) is 79.7 Å². The van der Waals surface area contributed by atoms with Crippen LogP contribution in [0.4, 0.5) is 0 Å². The van der Waals surface area contributed by atoms with Gasteiger partial charge in [-0.15, -0.1) is 11.3 Å². The fourth-order valence-corrected chi connectivity index (χ4v) is 6.50. The molecule has 1 aromatic carbocycles. The summed E-state index contributed by atoms with van der Waals surface area (Å²) in [6, 6.07) is 13.5. The molecule has 1 N–H and O–H groups in total. The van der Waals surface area contributed by atoms with E-state index in [1.54, 1.807) is 23.0 Å². The molecule has 4 heteroatoms. The first kappa shape index (κ1) is 18.2. The molecule has 5 rings (SSSR count). The number of hydrogen-bond acceptors (Lipinski definition) is 4. The van der Waals surface area contributed by atoms with Gasteiger partial charge in [0.25, 0.3) is 0 Å². The summed E-state index contributed by atoms with van der Waals surface area (Å²) in [7, 11) is 0. The Labute approximate surface area is 174 Å². The van der Waals surface area contributed by atoms with Crippen molar-refractivity contribution in [3.63, 3.8) is 0 Å². The molecular formula is C24H25NOS2. The number of phenolic OH excluding ortho intramolecular Hbond substituents is 1. The number of rotatable bonds is 4. The largest absolute Gasteiger partial charge is 0.508 e. The van der Waals surface area contributed by atoms with Crippen LogP contribution in [0.3, 0.4) is 0 Å². The van der Waals surface area contributed by atoms with Crippen molar-refractivity contribution < 1.29 is 5.11 Å². The molecule has 2 aromatic heterocycles. The van der Waals surface area contributed by atoms with Gasteiger partial charge in [0.1, 0.15) is 5.75 Å². The molecule has 0 aliphatic carbocycles. The second-order valence-electron chi connectivity index (χ2n) is 8.03. The number of piperidine rings is 1. The average molecular weight is 408 g/mol. The first-order valence-corrected chi connectivity index (χ1v) is 11.8. The van der Waals surface area contributed by atoms with Crippen LogP contribution in [-0.2, 0) is 6.54 Å². The average Bonchev–Trinajstić information content (AvgIpc) is 3.39. The first-order chi connectivity index (χ1) is 13.7. The monoisotopic (exact) mass is 407 g/mol. The highest BCUT2D eigenvalue weighted by Gasteiger charge is 2.39. The quantitative estimate of drug-likeness (QED) is 0.537. The lowest BCUT2D eigenvalue weighted by Gasteiger charge is -2.37. The molecule has 0 spiro atoms. The minimum atomic E-state index is 0.347. The lowest BCUT2D eigenvalue weighted by atomic mass is 9.86. The van der Waals surface area contributed by atoms with Gasteiger partial charge in [-0.25, -0.2) is 0 Å². The number of aromatic hydroxyl groups is 1. The van der Waals surface area contributed by atoms with E-state index < -0.39 is 0 Å². The Bertz CT molecular complexity index is 985. The Kier molecular flexibility index (Phi) is 4.87. The van der Waals surface area contributed by atoms with Crippen molar-refractivity contribution in [3.8, 4) is 5.75 Å². The van der Waals surface area contributed by atoms with Crippen molar-refractivity contribution in [1.82, 2.24) is 4.90 Å². The molecule has 0 saturated carbocycles. The van der Waals surface area contributed by atoms with Gasteiger partial charge in [-0.3, -0.25) is 4.90 Å². The lowest BCUT2D eigenvalue weighted by molar-refractivity contribution is 0.159. The van der Waals surface area contributed by atoms with E-state index in [0.717, 1.165) is 24.9 Å². The van der Waals surface area contributed by atoms with Crippen LogP contribution in [0.25, 0.3) is 5.57 Å². The number of aryl methyl sites for hydroxylation is 1. The van der Waals surface area contributed by atoms with Gasteiger partial charge in [0.05, 0.1) is 0 Å². The van der Waals surface area contributed by atoms with Gasteiger partial charge in [0.2, 0.25) is 0 Å². The van der Waals surface area contributed by atoms with E-state index in [1.165, 1.54) is 34.4 Å². The van der Waals surface area contributed by atoms with Gasteiger partial charge in [-0.2, -0.15) is 11.3 Å². The molecule has 0 amide bonds. The maximum atomic E-state index is 10.1. The predicted octanol–water partition coefficient (Wildman–Crippen LogP) is 6.45. The maximum Gasteiger partial charge on any atom is 0.116 e. The van der Waals surface area contributed by atoms with E-state index in [4.69, 9.17) is 0 Å². The number of fused-ring (bicyclic) bond motifs is 2. The van der Waals surface area contributed by atoms with Gasteiger partial charge >= 0.3 is 0 Å². The Morgan fingerprint density at radius 3 is 2.54 bits per heavy atom. The van der Waals surface area contributed by atoms with E-state index in [0.29, 0.717) is 17.8 Å². The summed E-state index contributed by atoms with van der Waals surface area (Å²) >= 11 is 3.65. The van der Waals surface area contributed by atoms with Gasteiger partial charge in [-0.05, 0) is 95.3 Å². The van der Waals surface area contributed by atoms with Gasteiger partial charge in [0.15, 0.2) is 0 Å². The number of thiophene rings is 2. The lowest BCUT2D eigenvalue weighted by Crippen LogP contribution is -2.40. The number of nitrogens with zero attached hydrogens (tertiary/aromatic N) is 1. The topological polar surface area (TPSA) is 23.5 Å². The number of hydrogen-bond donors (Lipinski definition) is 1. The number of phenols is 1. The molecule has 2 atom stereocenters. The molecule has 2 nitrogen and oxygen atoms in total. The van der Waals surface area contributed by atoms with Crippen LogP contribution >= 0.6 is 22.7 Å². The summed E-state index contributed by atoms with van der Waals surface area (Å²) in [6.45, 7) is 3.34. The molecule has 2 unspecified atom stereocenters. The zero-order valence-corrected chi connectivity index (χ0v) is 17.7. The fraction of sp³-hybridized carbons (Fsp3) is 0.333. The van der Waals surface area contributed by atoms with Crippen LogP contribution in [0.5, 0.6) is 5.75 Å². The molecule has 2 aliphatic heterocycles. The molecule has 4 heterocycles. The summed E-state index contributed by atoms with van der Waals surface area (Å²) in [4.78, 5) is 4.28. The van der Waals surface area contributed by atoms with Crippen LogP contribution in [0, 0.1) is 6.92 Å². The summed E-state index contributed by atoms with van der Waals surface area (Å²) in [5, 5.41) is 16.7.